The lowest BCUT2D eigenvalue weighted by Gasteiger charge is -2.07. The van der Waals surface area contributed by atoms with Crippen molar-refractivity contribution in [2.75, 3.05) is 5.94 Å². The third-order valence-corrected chi connectivity index (χ3v) is 4.21. The molecule has 1 rings (SSSR count). The van der Waals surface area contributed by atoms with Crippen LogP contribution >= 0.6 is 0 Å². The molecule has 0 aliphatic heterocycles. The number of benzene rings is 1. The Balaban J connectivity index is 2.22. The van der Waals surface area contributed by atoms with E-state index in [9.17, 15) is 8.42 Å². The minimum atomic E-state index is -3.80. The van der Waals surface area contributed by atoms with E-state index in [2.05, 4.69) is 17.1 Å². The normalized spacial score (nSPS) is 11.5. The Morgan fingerprint density at radius 2 is 1.55 bits per heavy atom. The number of hydrogen-bond donors (Lipinski definition) is 1. The maximum atomic E-state index is 11.0. The van der Waals surface area contributed by atoms with Gasteiger partial charge in [0, 0.05) is 0 Å². The van der Waals surface area contributed by atoms with Crippen molar-refractivity contribution in [1.82, 2.24) is 0 Å². The molecule has 1 aromatic rings. The van der Waals surface area contributed by atoms with Crippen molar-refractivity contribution in [2.24, 2.45) is 5.90 Å². The summed E-state index contributed by atoms with van der Waals surface area (Å²) in [6.45, 7) is 2.23. The third-order valence-electron chi connectivity index (χ3n) is 3.51. The lowest BCUT2D eigenvalue weighted by atomic mass is 10.0. The molecule has 126 valence electrons. The van der Waals surface area contributed by atoms with E-state index in [0.717, 1.165) is 6.42 Å². The summed E-state index contributed by atoms with van der Waals surface area (Å²) in [5.74, 6) is 4.54. The summed E-state index contributed by atoms with van der Waals surface area (Å²) in [5.41, 5.74) is 1.24. The Morgan fingerprint density at radius 1 is 0.955 bits per heavy atom. The Labute approximate surface area is 133 Å². The molecule has 0 spiro atoms. The van der Waals surface area contributed by atoms with Crippen molar-refractivity contribution in [3.63, 3.8) is 0 Å². The fourth-order valence-corrected chi connectivity index (χ4v) is 2.54. The van der Waals surface area contributed by atoms with Crippen molar-refractivity contribution in [3.05, 3.63) is 29.8 Å². The van der Waals surface area contributed by atoms with E-state index in [1.807, 2.05) is 12.1 Å². The van der Waals surface area contributed by atoms with Crippen LogP contribution in [0.4, 0.5) is 0 Å². The number of aryl methyl sites for hydroxylation is 1. The van der Waals surface area contributed by atoms with Crippen LogP contribution in [-0.4, -0.2) is 14.4 Å². The predicted molar refractivity (Wildman–Crippen MR) is 87.8 cm³/mol. The molecule has 0 radical (unpaired) electrons. The van der Waals surface area contributed by atoms with Crippen LogP contribution in [0.5, 0.6) is 5.75 Å². The Bertz CT molecular complexity index is 499. The molecule has 0 unspecified atom stereocenters. The van der Waals surface area contributed by atoms with Crippen LogP contribution in [0, 0.1) is 0 Å². The van der Waals surface area contributed by atoms with Crippen molar-refractivity contribution < 1.29 is 17.4 Å². The molecule has 6 heteroatoms. The van der Waals surface area contributed by atoms with Gasteiger partial charge in [-0.1, -0.05) is 57.6 Å². The van der Waals surface area contributed by atoms with Gasteiger partial charge in [-0.05, 0) is 30.5 Å². The Hall–Kier alpha value is -1.11. The first kappa shape index (κ1) is 18.9. The van der Waals surface area contributed by atoms with Gasteiger partial charge in [-0.15, -0.1) is 0 Å². The van der Waals surface area contributed by atoms with Crippen LogP contribution in [0.25, 0.3) is 0 Å². The first-order valence-electron chi connectivity index (χ1n) is 7.90. The third kappa shape index (κ3) is 8.36. The second kappa shape index (κ2) is 10.6. The van der Waals surface area contributed by atoms with Gasteiger partial charge in [-0.3, -0.25) is 0 Å². The van der Waals surface area contributed by atoms with Crippen molar-refractivity contribution in [3.8, 4) is 5.75 Å². The summed E-state index contributed by atoms with van der Waals surface area (Å²) in [5, 5.41) is 0. The number of hydrogen-bond acceptors (Lipinski definition) is 5. The summed E-state index contributed by atoms with van der Waals surface area (Å²) >= 11 is 0. The van der Waals surface area contributed by atoms with Gasteiger partial charge < -0.3 is 4.74 Å². The number of nitrogens with two attached hydrogens (primary N) is 1. The van der Waals surface area contributed by atoms with Gasteiger partial charge in [-0.2, -0.15) is 18.6 Å². The zero-order valence-corrected chi connectivity index (χ0v) is 14.1. The van der Waals surface area contributed by atoms with Gasteiger partial charge in [0.05, 0.1) is 0 Å². The highest BCUT2D eigenvalue weighted by Gasteiger charge is 2.10. The second-order valence-corrected chi connectivity index (χ2v) is 6.97. The molecule has 22 heavy (non-hydrogen) atoms. The maximum absolute atomic E-state index is 11.0. The Kier molecular flexibility index (Phi) is 9.11. The zero-order chi connectivity index (χ0) is 16.3. The van der Waals surface area contributed by atoms with E-state index < -0.39 is 16.1 Å². The highest BCUT2D eigenvalue weighted by molar-refractivity contribution is 7.86. The highest BCUT2D eigenvalue weighted by atomic mass is 32.2. The lowest BCUT2D eigenvalue weighted by molar-refractivity contribution is 0.295. The molecule has 0 bridgehead atoms. The Morgan fingerprint density at radius 3 is 2.14 bits per heavy atom. The summed E-state index contributed by atoms with van der Waals surface area (Å²) in [6.07, 6.45) is 10.1. The van der Waals surface area contributed by atoms with Gasteiger partial charge in [0.15, 0.2) is 0 Å². The van der Waals surface area contributed by atoms with Crippen LogP contribution in [0.2, 0.25) is 0 Å². The molecule has 0 aromatic heterocycles. The molecule has 2 N–H and O–H groups in total. The van der Waals surface area contributed by atoms with Crippen LogP contribution in [0.3, 0.4) is 0 Å². The van der Waals surface area contributed by atoms with Crippen molar-refractivity contribution >= 4 is 10.1 Å². The monoisotopic (exact) mass is 329 g/mol. The van der Waals surface area contributed by atoms with E-state index >= 15 is 0 Å². The molecule has 0 aliphatic carbocycles. The molecule has 0 saturated heterocycles. The smallest absolute Gasteiger partial charge is 0.318 e. The zero-order valence-electron chi connectivity index (χ0n) is 13.3. The maximum Gasteiger partial charge on any atom is 0.318 e. The number of unbranched alkanes of at least 4 members (excludes halogenated alkanes) is 6. The fourth-order valence-electron chi connectivity index (χ4n) is 2.21. The van der Waals surface area contributed by atoms with Crippen LogP contribution in [0.1, 0.15) is 57.4 Å². The number of ether oxygens (including phenoxy) is 1. The van der Waals surface area contributed by atoms with Gasteiger partial charge in [-0.25, -0.2) is 0 Å². The standard InChI is InChI=1S/C16H27NO4S/c1-2-3-4-5-6-7-8-9-15-10-12-16(13-11-15)20-14-22(18,19)21-17/h10-13H,2-9,14,17H2,1H3. The van der Waals surface area contributed by atoms with Gasteiger partial charge in [0.1, 0.15) is 5.75 Å². The lowest BCUT2D eigenvalue weighted by Crippen LogP contribution is -2.18. The van der Waals surface area contributed by atoms with Crippen molar-refractivity contribution in [1.29, 1.82) is 0 Å². The molecule has 5 nitrogen and oxygen atoms in total. The van der Waals surface area contributed by atoms with Crippen LogP contribution in [0.15, 0.2) is 24.3 Å². The van der Waals surface area contributed by atoms with E-state index in [-0.39, 0.29) is 0 Å². The van der Waals surface area contributed by atoms with E-state index in [1.54, 1.807) is 12.1 Å². The second-order valence-electron chi connectivity index (χ2n) is 5.43. The first-order valence-corrected chi connectivity index (χ1v) is 9.48. The molecule has 0 amide bonds. The number of rotatable bonds is 12. The van der Waals surface area contributed by atoms with Gasteiger partial charge >= 0.3 is 10.1 Å². The summed E-state index contributed by atoms with van der Waals surface area (Å²) in [7, 11) is -3.80. The van der Waals surface area contributed by atoms with Crippen LogP contribution in [-0.2, 0) is 20.8 Å². The predicted octanol–water partition coefficient (Wildman–Crippen LogP) is 3.54. The minimum absolute atomic E-state index is 0.490. The van der Waals surface area contributed by atoms with Crippen LogP contribution < -0.4 is 10.6 Å². The topological polar surface area (TPSA) is 78.6 Å². The summed E-state index contributed by atoms with van der Waals surface area (Å²) in [6, 6.07) is 7.45. The average Bonchev–Trinajstić information content (AvgIpc) is 2.53. The molecule has 0 atom stereocenters. The highest BCUT2D eigenvalue weighted by Crippen LogP contribution is 2.15. The summed E-state index contributed by atoms with van der Waals surface area (Å²) < 4.78 is 31.0. The molecule has 0 aliphatic rings. The first-order chi connectivity index (χ1) is 10.6. The SMILES string of the molecule is CCCCCCCCCc1ccc(OCS(=O)(=O)ON)cc1. The van der Waals surface area contributed by atoms with E-state index in [4.69, 9.17) is 4.74 Å². The quantitative estimate of drug-likeness (QED) is 0.469. The fraction of sp³-hybridized carbons (Fsp3) is 0.625. The van der Waals surface area contributed by atoms with Crippen molar-refractivity contribution in [2.45, 2.75) is 58.3 Å². The molecule has 1 aromatic carbocycles. The minimum Gasteiger partial charge on any atom is -0.475 e. The molecular formula is C16H27NO4S. The molecule has 0 saturated carbocycles. The molecule has 0 fully saturated rings. The summed E-state index contributed by atoms with van der Waals surface area (Å²) in [4.78, 5) is 0. The largest absolute Gasteiger partial charge is 0.475 e. The van der Waals surface area contributed by atoms with Gasteiger partial charge in [0.2, 0.25) is 5.94 Å². The van der Waals surface area contributed by atoms with E-state index in [1.165, 1.54) is 50.5 Å². The van der Waals surface area contributed by atoms with Gasteiger partial charge in [0.25, 0.3) is 0 Å². The molecule has 0 heterocycles. The average molecular weight is 329 g/mol. The molecular weight excluding hydrogens is 302 g/mol. The van der Waals surface area contributed by atoms with E-state index in [0.29, 0.717) is 5.75 Å².